The lowest BCUT2D eigenvalue weighted by molar-refractivity contribution is -0.385. The largest absolute Gasteiger partial charge is 0.461 e. The van der Waals surface area contributed by atoms with Crippen LogP contribution in [0.3, 0.4) is 0 Å². The van der Waals surface area contributed by atoms with E-state index in [-0.39, 0.29) is 22.8 Å². The summed E-state index contributed by atoms with van der Waals surface area (Å²) in [6.07, 6.45) is 2.48. The minimum absolute atomic E-state index is 0.150. The molecule has 0 aliphatic carbocycles. The van der Waals surface area contributed by atoms with Gasteiger partial charge in [-0.05, 0) is 43.3 Å². The van der Waals surface area contributed by atoms with Gasteiger partial charge in [0, 0.05) is 35.8 Å². The molecule has 0 unspecified atom stereocenters. The normalized spacial score (nSPS) is 11.1. The molecule has 0 aliphatic heterocycles. The van der Waals surface area contributed by atoms with E-state index in [2.05, 4.69) is 10.4 Å². The summed E-state index contributed by atoms with van der Waals surface area (Å²) in [5.74, 6) is -1.25. The first-order valence-electron chi connectivity index (χ1n) is 9.22. The number of anilines is 1. The molecule has 166 valence electrons. The number of hydrogen-bond acceptors (Lipinski definition) is 8. The van der Waals surface area contributed by atoms with Gasteiger partial charge >= 0.3 is 5.97 Å². The van der Waals surface area contributed by atoms with E-state index >= 15 is 0 Å². The monoisotopic (exact) mass is 458 g/mol. The Morgan fingerprint density at radius 3 is 2.44 bits per heavy atom. The molecule has 3 rings (SSSR count). The Morgan fingerprint density at radius 2 is 1.84 bits per heavy atom. The highest BCUT2D eigenvalue weighted by molar-refractivity contribution is 7.90. The van der Waals surface area contributed by atoms with Crippen LogP contribution in [0.5, 0.6) is 0 Å². The lowest BCUT2D eigenvalue weighted by Gasteiger charge is -2.08. The van der Waals surface area contributed by atoms with Crippen molar-refractivity contribution in [3.63, 3.8) is 0 Å². The molecule has 0 bridgehead atoms. The molecule has 1 aromatic heterocycles. The maximum atomic E-state index is 12.6. The van der Waals surface area contributed by atoms with E-state index in [1.54, 1.807) is 37.4 Å². The predicted octanol–water partition coefficient (Wildman–Crippen LogP) is 2.61. The standard InChI is InChI=1S/C20H18N4O7S/c1-3-31-20(26)18-8-9-23(22-18)15-6-4-14(5-7-15)21-19(25)13-10-16(24(27)28)12-17(11-13)32(2,29)30/h4-12H,3H2,1-2H3,(H,21,25). The number of rotatable bonds is 7. The van der Waals surface area contributed by atoms with Crippen molar-refractivity contribution in [2.24, 2.45) is 0 Å². The summed E-state index contributed by atoms with van der Waals surface area (Å²) in [7, 11) is -3.76. The van der Waals surface area contributed by atoms with Crippen LogP contribution >= 0.6 is 0 Å². The molecule has 3 aromatic rings. The van der Waals surface area contributed by atoms with Crippen LogP contribution in [-0.2, 0) is 14.6 Å². The number of nitrogens with one attached hydrogen (secondary N) is 1. The molecule has 32 heavy (non-hydrogen) atoms. The minimum Gasteiger partial charge on any atom is -0.461 e. The van der Waals surface area contributed by atoms with Crippen LogP contribution in [0, 0.1) is 10.1 Å². The molecule has 0 atom stereocenters. The van der Waals surface area contributed by atoms with Gasteiger partial charge in [-0.3, -0.25) is 14.9 Å². The summed E-state index contributed by atoms with van der Waals surface area (Å²) in [6, 6.07) is 10.9. The third-order valence-electron chi connectivity index (χ3n) is 4.26. The average molecular weight is 458 g/mol. The van der Waals surface area contributed by atoms with Crippen LogP contribution in [-0.4, -0.2) is 47.9 Å². The SMILES string of the molecule is CCOC(=O)c1ccn(-c2ccc(NC(=O)c3cc([N+](=O)[O-])cc(S(C)(=O)=O)c3)cc2)n1. The van der Waals surface area contributed by atoms with Crippen molar-refractivity contribution in [2.75, 3.05) is 18.2 Å². The highest BCUT2D eigenvalue weighted by atomic mass is 32.2. The molecule has 1 N–H and O–H groups in total. The number of sulfone groups is 1. The Hall–Kier alpha value is -4.06. The Kier molecular flexibility index (Phi) is 6.35. The van der Waals surface area contributed by atoms with E-state index < -0.39 is 32.3 Å². The molecular weight excluding hydrogens is 440 g/mol. The van der Waals surface area contributed by atoms with Crippen molar-refractivity contribution in [1.29, 1.82) is 0 Å². The molecule has 2 aromatic carbocycles. The van der Waals surface area contributed by atoms with Crippen LogP contribution in [0.1, 0.15) is 27.8 Å². The number of carbonyl (C=O) groups is 2. The summed E-state index contributed by atoms with van der Waals surface area (Å²) in [6.45, 7) is 1.92. The van der Waals surface area contributed by atoms with Crippen molar-refractivity contribution in [3.8, 4) is 5.69 Å². The van der Waals surface area contributed by atoms with E-state index in [1.807, 2.05) is 0 Å². The summed E-state index contributed by atoms with van der Waals surface area (Å²) >= 11 is 0. The van der Waals surface area contributed by atoms with E-state index in [4.69, 9.17) is 4.74 Å². The fraction of sp³-hybridized carbons (Fsp3) is 0.150. The first-order chi connectivity index (χ1) is 15.1. The maximum absolute atomic E-state index is 12.6. The number of non-ortho nitro benzene ring substituents is 1. The van der Waals surface area contributed by atoms with Crippen molar-refractivity contribution < 1.29 is 27.7 Å². The van der Waals surface area contributed by atoms with Crippen LogP contribution < -0.4 is 5.32 Å². The zero-order valence-electron chi connectivity index (χ0n) is 17.0. The van der Waals surface area contributed by atoms with Gasteiger partial charge in [0.15, 0.2) is 15.5 Å². The maximum Gasteiger partial charge on any atom is 0.358 e. The lowest BCUT2D eigenvalue weighted by Crippen LogP contribution is -2.13. The first kappa shape index (κ1) is 22.6. The Morgan fingerprint density at radius 1 is 1.16 bits per heavy atom. The Labute approximate surface area is 182 Å². The van der Waals surface area contributed by atoms with E-state index in [9.17, 15) is 28.1 Å². The highest BCUT2D eigenvalue weighted by Crippen LogP contribution is 2.22. The lowest BCUT2D eigenvalue weighted by atomic mass is 10.2. The summed E-state index contributed by atoms with van der Waals surface area (Å²) < 4.78 is 30.0. The zero-order chi connectivity index (χ0) is 23.5. The molecule has 0 saturated heterocycles. The molecule has 0 saturated carbocycles. The molecular formula is C20H18N4O7S. The number of carbonyl (C=O) groups excluding carboxylic acids is 2. The minimum atomic E-state index is -3.76. The highest BCUT2D eigenvalue weighted by Gasteiger charge is 2.19. The number of amides is 1. The fourth-order valence-corrected chi connectivity index (χ4v) is 3.39. The average Bonchev–Trinajstić information content (AvgIpc) is 3.24. The van der Waals surface area contributed by atoms with Gasteiger partial charge in [0.05, 0.1) is 22.1 Å². The number of aromatic nitrogens is 2. The van der Waals surface area contributed by atoms with Gasteiger partial charge in [-0.2, -0.15) is 5.10 Å². The van der Waals surface area contributed by atoms with Crippen LogP contribution in [0.15, 0.2) is 59.6 Å². The van der Waals surface area contributed by atoms with Gasteiger partial charge in [0.2, 0.25) is 0 Å². The number of esters is 1. The van der Waals surface area contributed by atoms with Crippen LogP contribution in [0.2, 0.25) is 0 Å². The number of nitro groups is 1. The van der Waals surface area contributed by atoms with E-state index in [0.717, 1.165) is 24.5 Å². The van der Waals surface area contributed by atoms with Gasteiger partial charge in [0.25, 0.3) is 11.6 Å². The second-order valence-electron chi connectivity index (χ2n) is 6.61. The first-order valence-corrected chi connectivity index (χ1v) is 11.1. The van der Waals surface area contributed by atoms with Crippen molar-refractivity contribution in [1.82, 2.24) is 9.78 Å². The topological polar surface area (TPSA) is 150 Å². The van der Waals surface area contributed by atoms with Gasteiger partial charge in [-0.15, -0.1) is 0 Å². The second-order valence-corrected chi connectivity index (χ2v) is 8.63. The van der Waals surface area contributed by atoms with Crippen LogP contribution in [0.25, 0.3) is 5.69 Å². The number of nitrogens with zero attached hydrogens (tertiary/aromatic N) is 3. The molecule has 0 fully saturated rings. The number of hydrogen-bond donors (Lipinski definition) is 1. The molecule has 0 radical (unpaired) electrons. The molecule has 1 amide bonds. The van der Waals surface area contributed by atoms with E-state index in [1.165, 1.54) is 10.7 Å². The Balaban J connectivity index is 1.80. The Bertz CT molecular complexity index is 1300. The van der Waals surface area contributed by atoms with Crippen molar-refractivity contribution >= 4 is 33.1 Å². The molecule has 0 spiro atoms. The van der Waals surface area contributed by atoms with Crippen molar-refractivity contribution in [3.05, 3.63) is 76.1 Å². The van der Waals surface area contributed by atoms with Gasteiger partial charge in [0.1, 0.15) is 0 Å². The van der Waals surface area contributed by atoms with Gasteiger partial charge in [-0.1, -0.05) is 0 Å². The smallest absolute Gasteiger partial charge is 0.358 e. The van der Waals surface area contributed by atoms with Gasteiger partial charge in [-0.25, -0.2) is 17.9 Å². The molecule has 1 heterocycles. The number of benzene rings is 2. The second kappa shape index (κ2) is 8.98. The summed E-state index contributed by atoms with van der Waals surface area (Å²) in [5.41, 5.74) is 0.438. The predicted molar refractivity (Wildman–Crippen MR) is 114 cm³/mol. The number of nitro benzene ring substituents is 1. The molecule has 0 aliphatic rings. The number of ether oxygens (including phenoxy) is 1. The third kappa shape index (κ3) is 5.16. The molecule has 11 nitrogen and oxygen atoms in total. The fourth-order valence-electron chi connectivity index (χ4n) is 2.72. The third-order valence-corrected chi connectivity index (χ3v) is 5.35. The van der Waals surface area contributed by atoms with Gasteiger partial charge < -0.3 is 10.1 Å². The summed E-state index contributed by atoms with van der Waals surface area (Å²) in [4.78, 5) is 34.3. The quantitative estimate of drug-likeness (QED) is 0.322. The summed E-state index contributed by atoms with van der Waals surface area (Å²) in [5, 5.41) is 17.8. The van der Waals surface area contributed by atoms with Crippen molar-refractivity contribution in [2.45, 2.75) is 11.8 Å². The van der Waals surface area contributed by atoms with E-state index in [0.29, 0.717) is 11.4 Å². The van der Waals surface area contributed by atoms with Crippen LogP contribution in [0.4, 0.5) is 11.4 Å². The molecule has 12 heteroatoms. The zero-order valence-corrected chi connectivity index (χ0v) is 17.8.